The van der Waals surface area contributed by atoms with Gasteiger partial charge in [-0.15, -0.1) is 0 Å². The van der Waals surface area contributed by atoms with Crippen molar-refractivity contribution in [3.8, 4) is 0 Å². The van der Waals surface area contributed by atoms with Crippen LogP contribution in [0.25, 0.3) is 21.5 Å². The Morgan fingerprint density at radius 3 is 1.96 bits per heavy atom. The molecule has 0 saturated heterocycles. The topological polar surface area (TPSA) is 54.5 Å². The van der Waals surface area contributed by atoms with Crippen molar-refractivity contribution in [2.24, 2.45) is 0 Å². The predicted octanol–water partition coefficient (Wildman–Crippen LogP) is 2.91. The summed E-state index contributed by atoms with van der Waals surface area (Å²) < 4.78 is 25.8. The molecule has 0 fully saturated rings. The summed E-state index contributed by atoms with van der Waals surface area (Å²) in [7, 11) is -0.627. The monoisotopic (exact) mass is 327 g/mol. The van der Waals surface area contributed by atoms with Gasteiger partial charge in [-0.1, -0.05) is 35.9 Å². The number of sulfonamides is 1. The van der Waals surface area contributed by atoms with Crippen molar-refractivity contribution in [1.82, 2.24) is 4.31 Å². The van der Waals surface area contributed by atoms with Crippen LogP contribution in [0.1, 0.15) is 5.56 Å². The number of hydrogen-bond acceptors (Lipinski definition) is 3. The number of rotatable bonds is 2. The molecule has 3 aromatic carbocycles. The summed E-state index contributed by atoms with van der Waals surface area (Å²) in [4.78, 5) is 13.0. The Hall–Kier alpha value is -2.24. The second kappa shape index (κ2) is 5.44. The van der Waals surface area contributed by atoms with E-state index in [-0.39, 0.29) is 10.3 Å². The van der Waals surface area contributed by atoms with Crippen LogP contribution in [0.5, 0.6) is 0 Å². The standard InChI is InChI=1S/C18H17NO3S/c1-12-4-5-13-6-7-14-8-9-15(23(21,22)19(2)3)11-17(14)18(20)16(13)10-12/h4-11H,1-3H3. The van der Waals surface area contributed by atoms with Crippen LogP contribution >= 0.6 is 0 Å². The molecule has 0 saturated carbocycles. The van der Waals surface area contributed by atoms with Gasteiger partial charge in [0.1, 0.15) is 0 Å². The fourth-order valence-electron chi connectivity index (χ4n) is 2.59. The van der Waals surface area contributed by atoms with Crippen LogP contribution in [0, 0.1) is 6.92 Å². The first-order valence-corrected chi connectivity index (χ1v) is 8.65. The molecular formula is C18H17NO3S. The Balaban J connectivity index is 2.46. The molecule has 4 nitrogen and oxygen atoms in total. The van der Waals surface area contributed by atoms with E-state index in [2.05, 4.69) is 0 Å². The highest BCUT2D eigenvalue weighted by Crippen LogP contribution is 2.21. The number of aryl methyl sites for hydroxylation is 1. The first-order chi connectivity index (χ1) is 10.8. The molecule has 0 aromatic heterocycles. The van der Waals surface area contributed by atoms with E-state index in [0.29, 0.717) is 10.8 Å². The van der Waals surface area contributed by atoms with Crippen LogP contribution in [-0.4, -0.2) is 26.8 Å². The highest BCUT2D eigenvalue weighted by Gasteiger charge is 2.18. The van der Waals surface area contributed by atoms with E-state index in [0.717, 1.165) is 20.6 Å². The van der Waals surface area contributed by atoms with Crippen molar-refractivity contribution in [3.05, 3.63) is 64.3 Å². The van der Waals surface area contributed by atoms with Gasteiger partial charge in [0, 0.05) is 24.9 Å². The molecule has 0 heterocycles. The first kappa shape index (κ1) is 15.6. The summed E-state index contributed by atoms with van der Waals surface area (Å²) in [6.45, 7) is 1.93. The average molecular weight is 327 g/mol. The molecule has 3 rings (SSSR count). The van der Waals surface area contributed by atoms with Gasteiger partial charge in [0.15, 0.2) is 5.43 Å². The lowest BCUT2D eigenvalue weighted by Crippen LogP contribution is -2.22. The van der Waals surface area contributed by atoms with Crippen LogP contribution < -0.4 is 5.43 Å². The Kier molecular flexibility index (Phi) is 3.70. The van der Waals surface area contributed by atoms with E-state index in [4.69, 9.17) is 0 Å². The van der Waals surface area contributed by atoms with Gasteiger partial charge in [0.25, 0.3) is 0 Å². The summed E-state index contributed by atoms with van der Waals surface area (Å²) in [6.07, 6.45) is 0. The zero-order valence-corrected chi connectivity index (χ0v) is 14.0. The molecule has 0 amide bonds. The summed E-state index contributed by atoms with van der Waals surface area (Å²) in [5, 5.41) is 2.57. The fourth-order valence-corrected chi connectivity index (χ4v) is 3.51. The van der Waals surface area contributed by atoms with E-state index < -0.39 is 10.0 Å². The highest BCUT2D eigenvalue weighted by atomic mass is 32.2. The third-order valence-corrected chi connectivity index (χ3v) is 5.75. The molecule has 118 valence electrons. The second-order valence-corrected chi connectivity index (χ2v) is 7.94. The van der Waals surface area contributed by atoms with Gasteiger partial charge in [-0.2, -0.15) is 0 Å². The molecular weight excluding hydrogens is 310 g/mol. The average Bonchev–Trinajstić information content (AvgIpc) is 2.65. The highest BCUT2D eigenvalue weighted by molar-refractivity contribution is 7.89. The minimum Gasteiger partial charge on any atom is -0.289 e. The van der Waals surface area contributed by atoms with Crippen molar-refractivity contribution in [2.45, 2.75) is 11.8 Å². The van der Waals surface area contributed by atoms with Gasteiger partial charge < -0.3 is 0 Å². The van der Waals surface area contributed by atoms with Crippen molar-refractivity contribution in [1.29, 1.82) is 0 Å². The van der Waals surface area contributed by atoms with Crippen LogP contribution in [-0.2, 0) is 10.0 Å². The normalized spacial score (nSPS) is 12.2. The number of hydrogen-bond donors (Lipinski definition) is 0. The molecule has 0 radical (unpaired) electrons. The smallest absolute Gasteiger partial charge is 0.242 e. The number of nitrogens with zero attached hydrogens (tertiary/aromatic N) is 1. The molecule has 23 heavy (non-hydrogen) atoms. The molecule has 0 unspecified atom stereocenters. The Morgan fingerprint density at radius 1 is 0.826 bits per heavy atom. The van der Waals surface area contributed by atoms with E-state index in [9.17, 15) is 13.2 Å². The Bertz CT molecular complexity index is 1090. The lowest BCUT2D eigenvalue weighted by atomic mass is 10.1. The first-order valence-electron chi connectivity index (χ1n) is 7.21. The summed E-state index contributed by atoms with van der Waals surface area (Å²) in [5.74, 6) is 0. The summed E-state index contributed by atoms with van der Waals surface area (Å²) in [6, 6.07) is 14.1. The molecule has 0 atom stereocenters. The molecule has 0 N–H and O–H groups in total. The number of benzene rings is 2. The maximum Gasteiger partial charge on any atom is 0.242 e. The van der Waals surface area contributed by atoms with E-state index in [1.54, 1.807) is 6.07 Å². The zero-order valence-electron chi connectivity index (χ0n) is 13.2. The molecule has 0 bridgehead atoms. The van der Waals surface area contributed by atoms with Gasteiger partial charge in [-0.3, -0.25) is 4.79 Å². The maximum atomic E-state index is 12.9. The van der Waals surface area contributed by atoms with Crippen LogP contribution in [0.4, 0.5) is 0 Å². The SMILES string of the molecule is Cc1ccc2ccc3ccc(S(=O)(=O)N(C)C)cc3c(=O)c2c1. The second-order valence-electron chi connectivity index (χ2n) is 5.79. The molecule has 0 aliphatic carbocycles. The van der Waals surface area contributed by atoms with E-state index in [1.807, 2.05) is 37.3 Å². The third kappa shape index (κ3) is 2.62. The van der Waals surface area contributed by atoms with Crippen molar-refractivity contribution < 1.29 is 8.42 Å². The van der Waals surface area contributed by atoms with Gasteiger partial charge >= 0.3 is 0 Å². The van der Waals surface area contributed by atoms with Crippen LogP contribution in [0.15, 0.2) is 58.2 Å². The maximum absolute atomic E-state index is 12.9. The van der Waals surface area contributed by atoms with Gasteiger partial charge in [0.2, 0.25) is 10.0 Å². The quantitative estimate of drug-likeness (QED) is 0.727. The van der Waals surface area contributed by atoms with Crippen molar-refractivity contribution in [3.63, 3.8) is 0 Å². The fraction of sp³-hybridized carbons (Fsp3) is 0.167. The number of fused-ring (bicyclic) bond motifs is 2. The molecule has 3 aromatic rings. The van der Waals surface area contributed by atoms with Crippen LogP contribution in [0.2, 0.25) is 0 Å². The Labute approximate surface area is 135 Å². The van der Waals surface area contributed by atoms with Gasteiger partial charge in [0.05, 0.1) is 4.90 Å². The molecule has 0 spiro atoms. The van der Waals surface area contributed by atoms with E-state index in [1.165, 1.54) is 26.2 Å². The summed E-state index contributed by atoms with van der Waals surface area (Å²) in [5.41, 5.74) is 0.838. The molecule has 0 aliphatic heterocycles. The van der Waals surface area contributed by atoms with Gasteiger partial charge in [-0.05, 0) is 35.9 Å². The van der Waals surface area contributed by atoms with Crippen LogP contribution in [0.3, 0.4) is 0 Å². The zero-order chi connectivity index (χ0) is 16.8. The molecule has 5 heteroatoms. The van der Waals surface area contributed by atoms with Gasteiger partial charge in [-0.25, -0.2) is 12.7 Å². The lowest BCUT2D eigenvalue weighted by molar-refractivity contribution is 0.521. The predicted molar refractivity (Wildman–Crippen MR) is 93.3 cm³/mol. The third-order valence-electron chi connectivity index (χ3n) is 3.94. The minimum atomic E-state index is -3.57. The van der Waals surface area contributed by atoms with Crippen molar-refractivity contribution in [2.75, 3.05) is 14.1 Å². The Morgan fingerprint density at radius 2 is 1.35 bits per heavy atom. The molecule has 0 aliphatic rings. The largest absolute Gasteiger partial charge is 0.289 e. The minimum absolute atomic E-state index is 0.124. The lowest BCUT2D eigenvalue weighted by Gasteiger charge is -2.11. The van der Waals surface area contributed by atoms with E-state index >= 15 is 0 Å². The van der Waals surface area contributed by atoms with Crippen molar-refractivity contribution >= 4 is 31.6 Å². The summed E-state index contributed by atoms with van der Waals surface area (Å²) >= 11 is 0.